The Morgan fingerprint density at radius 1 is 1.50 bits per heavy atom. The van der Waals surface area contributed by atoms with E-state index in [1.165, 1.54) is 4.68 Å². The highest BCUT2D eigenvalue weighted by Crippen LogP contribution is 2.10. The number of hydrogen-bond donors (Lipinski definition) is 2. The number of nitrogens with zero attached hydrogens (tertiary/aromatic N) is 1. The number of aromatic amines is 1. The minimum absolute atomic E-state index is 0.0231. The first-order valence-corrected chi connectivity index (χ1v) is 3.63. The first-order chi connectivity index (χ1) is 5.68. The lowest BCUT2D eigenvalue weighted by atomic mass is 10.2. The van der Waals surface area contributed by atoms with Gasteiger partial charge < -0.3 is 5.73 Å². The number of hydrogen-bond acceptors (Lipinski definition) is 2. The van der Waals surface area contributed by atoms with E-state index in [1.807, 2.05) is 0 Å². The van der Waals surface area contributed by atoms with E-state index in [0.29, 0.717) is 11.1 Å². The molecule has 0 saturated heterocycles. The molecule has 0 unspecified atom stereocenters. The zero-order valence-corrected chi connectivity index (χ0v) is 6.66. The summed E-state index contributed by atoms with van der Waals surface area (Å²) in [6, 6.07) is 5.19. The Kier molecular flexibility index (Phi) is 1.24. The molecule has 0 spiro atoms. The Bertz CT molecular complexity index is 480. The maximum absolute atomic E-state index is 11.3. The first kappa shape index (κ1) is 6.97. The Morgan fingerprint density at radius 3 is 3.00 bits per heavy atom. The smallest absolute Gasteiger partial charge is 0.274 e. The van der Waals surface area contributed by atoms with Gasteiger partial charge in [-0.15, -0.1) is 0 Å². The lowest BCUT2D eigenvalue weighted by Crippen LogP contribution is -2.10. The van der Waals surface area contributed by atoms with Gasteiger partial charge in [0.05, 0.1) is 10.9 Å². The third-order valence-corrected chi connectivity index (χ3v) is 1.87. The summed E-state index contributed by atoms with van der Waals surface area (Å²) in [6.07, 6.45) is 0. The van der Waals surface area contributed by atoms with Crippen LogP contribution in [-0.4, -0.2) is 9.78 Å². The molecule has 1 aromatic carbocycles. The highest BCUT2D eigenvalue weighted by Gasteiger charge is 2.02. The molecular weight excluding hydrogens is 154 g/mol. The van der Waals surface area contributed by atoms with E-state index in [0.717, 1.165) is 5.52 Å². The number of nitrogens with two attached hydrogens (primary N) is 1. The van der Waals surface area contributed by atoms with Gasteiger partial charge in [0, 0.05) is 12.7 Å². The standard InChI is InChI=1S/C8H9N3O/c1-11-8(12)6-3-2-5(9)4-7(6)10-11/h2-4,10H,9H2,1H3. The van der Waals surface area contributed by atoms with Crippen LogP contribution in [0.4, 0.5) is 5.69 Å². The van der Waals surface area contributed by atoms with Crippen molar-refractivity contribution in [1.82, 2.24) is 9.78 Å². The van der Waals surface area contributed by atoms with Crippen LogP contribution in [0.2, 0.25) is 0 Å². The SMILES string of the molecule is Cn1[nH]c2cc(N)ccc2c1=O. The third-order valence-electron chi connectivity index (χ3n) is 1.87. The summed E-state index contributed by atoms with van der Waals surface area (Å²) in [5, 5.41) is 3.56. The molecule has 4 nitrogen and oxygen atoms in total. The van der Waals surface area contributed by atoms with E-state index >= 15 is 0 Å². The summed E-state index contributed by atoms with van der Waals surface area (Å²) in [5.74, 6) is 0. The molecule has 0 aliphatic carbocycles. The number of H-pyrrole nitrogens is 1. The number of aryl methyl sites for hydroxylation is 1. The van der Waals surface area contributed by atoms with Gasteiger partial charge in [-0.25, -0.2) is 0 Å². The number of nitrogens with one attached hydrogen (secondary N) is 1. The molecule has 62 valence electrons. The van der Waals surface area contributed by atoms with Crippen molar-refractivity contribution in [3.8, 4) is 0 Å². The number of rotatable bonds is 0. The molecule has 0 aliphatic heterocycles. The van der Waals surface area contributed by atoms with E-state index in [-0.39, 0.29) is 5.56 Å². The van der Waals surface area contributed by atoms with Crippen molar-refractivity contribution in [2.45, 2.75) is 0 Å². The maximum Gasteiger partial charge on any atom is 0.274 e. The molecule has 0 fully saturated rings. The number of fused-ring (bicyclic) bond motifs is 1. The zero-order valence-electron chi connectivity index (χ0n) is 6.66. The minimum Gasteiger partial charge on any atom is -0.399 e. The topological polar surface area (TPSA) is 63.8 Å². The normalized spacial score (nSPS) is 10.8. The second kappa shape index (κ2) is 2.14. The van der Waals surface area contributed by atoms with Gasteiger partial charge in [-0.2, -0.15) is 0 Å². The van der Waals surface area contributed by atoms with Crippen LogP contribution >= 0.6 is 0 Å². The Labute approximate surface area is 68.6 Å². The van der Waals surface area contributed by atoms with Gasteiger partial charge in [0.15, 0.2) is 0 Å². The van der Waals surface area contributed by atoms with Crippen LogP contribution in [0, 0.1) is 0 Å². The fraction of sp³-hybridized carbons (Fsp3) is 0.125. The molecule has 0 bridgehead atoms. The van der Waals surface area contributed by atoms with Crippen molar-refractivity contribution in [2.75, 3.05) is 5.73 Å². The molecule has 0 amide bonds. The number of anilines is 1. The highest BCUT2D eigenvalue weighted by molar-refractivity contribution is 5.81. The molecule has 1 heterocycles. The van der Waals surface area contributed by atoms with E-state index < -0.39 is 0 Å². The lowest BCUT2D eigenvalue weighted by Gasteiger charge is -1.89. The monoisotopic (exact) mass is 163 g/mol. The van der Waals surface area contributed by atoms with Crippen molar-refractivity contribution in [1.29, 1.82) is 0 Å². The number of benzene rings is 1. The van der Waals surface area contributed by atoms with Crippen molar-refractivity contribution in [2.24, 2.45) is 7.05 Å². The molecular formula is C8H9N3O. The molecule has 0 radical (unpaired) electrons. The predicted octanol–water partition coefficient (Wildman–Crippen LogP) is 0.449. The van der Waals surface area contributed by atoms with Crippen LogP contribution in [-0.2, 0) is 7.05 Å². The molecule has 0 atom stereocenters. The van der Waals surface area contributed by atoms with E-state index in [2.05, 4.69) is 5.10 Å². The summed E-state index contributed by atoms with van der Waals surface area (Å²) >= 11 is 0. The number of nitrogen functional groups attached to an aromatic ring is 1. The number of aromatic nitrogens is 2. The second-order valence-corrected chi connectivity index (χ2v) is 2.78. The molecule has 1 aromatic heterocycles. The summed E-state index contributed by atoms with van der Waals surface area (Å²) < 4.78 is 1.43. The summed E-state index contributed by atoms with van der Waals surface area (Å²) in [6.45, 7) is 0. The molecule has 12 heavy (non-hydrogen) atoms. The Balaban J connectivity index is 2.97. The second-order valence-electron chi connectivity index (χ2n) is 2.78. The highest BCUT2D eigenvalue weighted by atomic mass is 16.1. The van der Waals surface area contributed by atoms with Crippen molar-refractivity contribution in [3.63, 3.8) is 0 Å². The Hall–Kier alpha value is -1.71. The molecule has 4 heteroatoms. The minimum atomic E-state index is -0.0231. The van der Waals surface area contributed by atoms with Gasteiger partial charge in [0.2, 0.25) is 0 Å². The van der Waals surface area contributed by atoms with Crippen molar-refractivity contribution < 1.29 is 0 Å². The Morgan fingerprint density at radius 2 is 2.25 bits per heavy atom. The zero-order chi connectivity index (χ0) is 8.72. The first-order valence-electron chi connectivity index (χ1n) is 3.63. The predicted molar refractivity (Wildman–Crippen MR) is 48.0 cm³/mol. The van der Waals surface area contributed by atoms with E-state index in [4.69, 9.17) is 5.73 Å². The van der Waals surface area contributed by atoms with Crippen molar-refractivity contribution >= 4 is 16.6 Å². The summed E-state index contributed by atoms with van der Waals surface area (Å²) in [4.78, 5) is 11.3. The fourth-order valence-corrected chi connectivity index (χ4v) is 1.25. The van der Waals surface area contributed by atoms with Gasteiger partial charge in [-0.05, 0) is 18.2 Å². The quantitative estimate of drug-likeness (QED) is 0.554. The van der Waals surface area contributed by atoms with Gasteiger partial charge in [0.1, 0.15) is 0 Å². The average Bonchev–Trinajstić information content (AvgIpc) is 2.28. The largest absolute Gasteiger partial charge is 0.399 e. The third kappa shape index (κ3) is 0.812. The maximum atomic E-state index is 11.3. The molecule has 3 N–H and O–H groups in total. The van der Waals surface area contributed by atoms with Gasteiger partial charge in [-0.3, -0.25) is 14.6 Å². The summed E-state index contributed by atoms with van der Waals surface area (Å²) in [5.41, 5.74) is 6.97. The summed E-state index contributed by atoms with van der Waals surface area (Å²) in [7, 11) is 1.68. The van der Waals surface area contributed by atoms with E-state index in [9.17, 15) is 4.79 Å². The van der Waals surface area contributed by atoms with Crippen LogP contribution < -0.4 is 11.3 Å². The van der Waals surface area contributed by atoms with Gasteiger partial charge >= 0.3 is 0 Å². The molecule has 2 aromatic rings. The molecule has 0 saturated carbocycles. The van der Waals surface area contributed by atoms with Crippen LogP contribution in [0.5, 0.6) is 0 Å². The van der Waals surface area contributed by atoms with Crippen LogP contribution in [0.15, 0.2) is 23.0 Å². The molecule has 2 rings (SSSR count). The fourth-order valence-electron chi connectivity index (χ4n) is 1.25. The van der Waals surface area contributed by atoms with Crippen LogP contribution in [0.1, 0.15) is 0 Å². The van der Waals surface area contributed by atoms with Crippen molar-refractivity contribution in [3.05, 3.63) is 28.6 Å². The average molecular weight is 163 g/mol. The van der Waals surface area contributed by atoms with Gasteiger partial charge in [-0.1, -0.05) is 0 Å². The molecule has 0 aliphatic rings. The van der Waals surface area contributed by atoms with Gasteiger partial charge in [0.25, 0.3) is 5.56 Å². The van der Waals surface area contributed by atoms with Crippen LogP contribution in [0.25, 0.3) is 10.9 Å². The lowest BCUT2D eigenvalue weighted by molar-refractivity contribution is 0.751. The van der Waals surface area contributed by atoms with E-state index in [1.54, 1.807) is 25.2 Å². The van der Waals surface area contributed by atoms with Crippen LogP contribution in [0.3, 0.4) is 0 Å².